The Labute approximate surface area is 99.5 Å². The molecule has 1 aliphatic carbocycles. The fourth-order valence-corrected chi connectivity index (χ4v) is 1.89. The molecule has 1 aromatic carbocycles. The van der Waals surface area contributed by atoms with Gasteiger partial charge in [0.2, 0.25) is 0 Å². The molecule has 1 aromatic heterocycles. The minimum Gasteiger partial charge on any atom is -0.250 e. The standard InChI is InChI=1S/C13H15N3O/c1-10-2-6-12(7-3-10)15-9-14-16(13(15)17)8-11-4-5-11/h2-3,6-7,9,11H,4-5,8H2,1H3. The molecule has 0 bridgehead atoms. The number of aromatic nitrogens is 3. The van der Waals surface area contributed by atoms with Crippen molar-refractivity contribution in [2.24, 2.45) is 5.92 Å². The summed E-state index contributed by atoms with van der Waals surface area (Å²) >= 11 is 0. The van der Waals surface area contributed by atoms with Crippen molar-refractivity contribution in [1.29, 1.82) is 0 Å². The van der Waals surface area contributed by atoms with Crippen LogP contribution in [0.5, 0.6) is 0 Å². The van der Waals surface area contributed by atoms with E-state index in [4.69, 9.17) is 0 Å². The van der Waals surface area contributed by atoms with Crippen molar-refractivity contribution in [2.45, 2.75) is 26.3 Å². The number of aryl methyl sites for hydroxylation is 1. The highest BCUT2D eigenvalue weighted by atomic mass is 16.2. The van der Waals surface area contributed by atoms with Gasteiger partial charge in [-0.05, 0) is 37.8 Å². The zero-order valence-corrected chi connectivity index (χ0v) is 9.84. The predicted molar refractivity (Wildman–Crippen MR) is 65.3 cm³/mol. The second-order valence-electron chi connectivity index (χ2n) is 4.74. The van der Waals surface area contributed by atoms with Crippen molar-refractivity contribution in [3.05, 3.63) is 46.6 Å². The molecule has 4 heteroatoms. The molecule has 0 amide bonds. The van der Waals surface area contributed by atoms with Gasteiger partial charge < -0.3 is 0 Å². The van der Waals surface area contributed by atoms with E-state index in [1.807, 2.05) is 31.2 Å². The van der Waals surface area contributed by atoms with Crippen LogP contribution in [0.4, 0.5) is 0 Å². The Morgan fingerprint density at radius 3 is 2.65 bits per heavy atom. The highest BCUT2D eigenvalue weighted by molar-refractivity contribution is 5.33. The van der Waals surface area contributed by atoms with Crippen LogP contribution in [-0.2, 0) is 6.54 Å². The molecule has 0 spiro atoms. The third kappa shape index (κ3) is 2.02. The minimum absolute atomic E-state index is 0.0410. The topological polar surface area (TPSA) is 39.8 Å². The van der Waals surface area contributed by atoms with Crippen LogP contribution in [0, 0.1) is 12.8 Å². The molecule has 0 saturated heterocycles. The summed E-state index contributed by atoms with van der Waals surface area (Å²) in [4.78, 5) is 12.1. The van der Waals surface area contributed by atoms with E-state index in [2.05, 4.69) is 5.10 Å². The molecule has 88 valence electrons. The van der Waals surface area contributed by atoms with Crippen molar-refractivity contribution in [1.82, 2.24) is 14.3 Å². The first-order chi connectivity index (χ1) is 8.24. The summed E-state index contributed by atoms with van der Waals surface area (Å²) < 4.78 is 3.17. The third-order valence-electron chi connectivity index (χ3n) is 3.17. The molecule has 1 heterocycles. The van der Waals surface area contributed by atoms with Crippen molar-refractivity contribution >= 4 is 0 Å². The smallest absolute Gasteiger partial charge is 0.250 e. The molecule has 1 saturated carbocycles. The quantitative estimate of drug-likeness (QED) is 0.804. The molecule has 4 nitrogen and oxygen atoms in total. The molecule has 0 atom stereocenters. The second kappa shape index (κ2) is 3.87. The van der Waals surface area contributed by atoms with E-state index in [0.29, 0.717) is 5.92 Å². The van der Waals surface area contributed by atoms with Crippen LogP contribution < -0.4 is 5.69 Å². The van der Waals surface area contributed by atoms with Crippen LogP contribution >= 0.6 is 0 Å². The lowest BCUT2D eigenvalue weighted by Crippen LogP contribution is -2.24. The van der Waals surface area contributed by atoms with Crippen molar-refractivity contribution in [3.8, 4) is 5.69 Å². The van der Waals surface area contributed by atoms with Gasteiger partial charge in [-0.15, -0.1) is 0 Å². The maximum absolute atomic E-state index is 12.1. The Kier molecular flexibility index (Phi) is 2.35. The van der Waals surface area contributed by atoms with E-state index in [1.165, 1.54) is 18.4 Å². The van der Waals surface area contributed by atoms with Crippen LogP contribution in [0.2, 0.25) is 0 Å². The summed E-state index contributed by atoms with van der Waals surface area (Å²) in [6, 6.07) is 7.89. The number of hydrogen-bond acceptors (Lipinski definition) is 2. The Hall–Kier alpha value is -1.84. The lowest BCUT2D eigenvalue weighted by atomic mass is 10.2. The van der Waals surface area contributed by atoms with E-state index in [0.717, 1.165) is 12.2 Å². The molecule has 0 aliphatic heterocycles. The first kappa shape index (κ1) is 10.3. The number of rotatable bonds is 3. The van der Waals surface area contributed by atoms with E-state index in [-0.39, 0.29) is 5.69 Å². The van der Waals surface area contributed by atoms with Gasteiger partial charge in [-0.1, -0.05) is 17.7 Å². The van der Waals surface area contributed by atoms with Gasteiger partial charge in [0.1, 0.15) is 6.33 Å². The molecule has 0 radical (unpaired) electrons. The normalized spacial score (nSPS) is 15.1. The first-order valence-corrected chi connectivity index (χ1v) is 5.95. The van der Waals surface area contributed by atoms with Crippen LogP contribution in [-0.4, -0.2) is 14.3 Å². The van der Waals surface area contributed by atoms with Gasteiger partial charge >= 0.3 is 5.69 Å². The van der Waals surface area contributed by atoms with Crippen LogP contribution in [0.15, 0.2) is 35.4 Å². The Morgan fingerprint density at radius 2 is 2.00 bits per heavy atom. The second-order valence-corrected chi connectivity index (χ2v) is 4.74. The fraction of sp³-hybridized carbons (Fsp3) is 0.385. The van der Waals surface area contributed by atoms with Gasteiger partial charge in [-0.25, -0.2) is 14.0 Å². The maximum atomic E-state index is 12.1. The zero-order valence-electron chi connectivity index (χ0n) is 9.84. The van der Waals surface area contributed by atoms with Crippen LogP contribution in [0.3, 0.4) is 0 Å². The van der Waals surface area contributed by atoms with Crippen molar-refractivity contribution in [2.75, 3.05) is 0 Å². The zero-order chi connectivity index (χ0) is 11.8. The highest BCUT2D eigenvalue weighted by Crippen LogP contribution is 2.29. The Morgan fingerprint density at radius 1 is 1.29 bits per heavy atom. The largest absolute Gasteiger partial charge is 0.350 e. The molecule has 0 unspecified atom stereocenters. The SMILES string of the molecule is Cc1ccc(-n2cnn(CC3CC3)c2=O)cc1. The van der Waals surface area contributed by atoms with E-state index >= 15 is 0 Å². The van der Waals surface area contributed by atoms with Gasteiger partial charge in [0.05, 0.1) is 5.69 Å². The highest BCUT2D eigenvalue weighted by Gasteiger charge is 2.23. The fourth-order valence-electron chi connectivity index (χ4n) is 1.89. The summed E-state index contributed by atoms with van der Waals surface area (Å²) in [6.45, 7) is 2.79. The van der Waals surface area contributed by atoms with Crippen LogP contribution in [0.1, 0.15) is 18.4 Å². The summed E-state index contributed by atoms with van der Waals surface area (Å²) in [5.74, 6) is 0.661. The summed E-state index contributed by atoms with van der Waals surface area (Å²) in [7, 11) is 0. The van der Waals surface area contributed by atoms with E-state index < -0.39 is 0 Å². The van der Waals surface area contributed by atoms with Crippen molar-refractivity contribution in [3.63, 3.8) is 0 Å². The van der Waals surface area contributed by atoms with E-state index in [1.54, 1.807) is 15.6 Å². The molecule has 3 rings (SSSR count). The number of nitrogens with zero attached hydrogens (tertiary/aromatic N) is 3. The molecule has 17 heavy (non-hydrogen) atoms. The monoisotopic (exact) mass is 229 g/mol. The first-order valence-electron chi connectivity index (χ1n) is 5.95. The Bertz CT molecular complexity index is 575. The van der Waals surface area contributed by atoms with Gasteiger partial charge in [0.15, 0.2) is 0 Å². The average molecular weight is 229 g/mol. The maximum Gasteiger partial charge on any atom is 0.350 e. The molecular formula is C13H15N3O. The van der Waals surface area contributed by atoms with Crippen LogP contribution in [0.25, 0.3) is 5.69 Å². The summed E-state index contributed by atoms with van der Waals surface area (Å²) in [6.07, 6.45) is 4.06. The van der Waals surface area contributed by atoms with Gasteiger partial charge in [0.25, 0.3) is 0 Å². The van der Waals surface area contributed by atoms with Gasteiger partial charge in [0, 0.05) is 6.54 Å². The molecule has 1 aliphatic rings. The molecule has 1 fully saturated rings. The van der Waals surface area contributed by atoms with Gasteiger partial charge in [-0.3, -0.25) is 0 Å². The summed E-state index contributed by atoms with van der Waals surface area (Å²) in [5, 5.41) is 4.16. The number of hydrogen-bond donors (Lipinski definition) is 0. The predicted octanol–water partition coefficient (Wildman–Crippen LogP) is 1.75. The molecule has 0 N–H and O–H groups in total. The molecular weight excluding hydrogens is 214 g/mol. The average Bonchev–Trinajstić information content (AvgIpc) is 3.07. The minimum atomic E-state index is -0.0410. The lowest BCUT2D eigenvalue weighted by Gasteiger charge is -2.00. The van der Waals surface area contributed by atoms with Gasteiger partial charge in [-0.2, -0.15) is 5.10 Å². The van der Waals surface area contributed by atoms with Crippen molar-refractivity contribution < 1.29 is 0 Å². The molecule has 2 aromatic rings. The summed E-state index contributed by atoms with van der Waals surface area (Å²) in [5.41, 5.74) is 2.02. The lowest BCUT2D eigenvalue weighted by molar-refractivity contribution is 0.542. The number of benzene rings is 1. The Balaban J connectivity index is 1.94. The van der Waals surface area contributed by atoms with E-state index in [9.17, 15) is 4.79 Å². The third-order valence-corrected chi connectivity index (χ3v) is 3.17.